The number of pyridine rings is 1. The molecule has 0 radical (unpaired) electrons. The Balaban J connectivity index is 2.29. The van der Waals surface area contributed by atoms with Crippen molar-refractivity contribution in [1.82, 2.24) is 20.0 Å². The fourth-order valence-electron chi connectivity index (χ4n) is 1.94. The normalized spacial score (nSPS) is 11.0. The summed E-state index contributed by atoms with van der Waals surface area (Å²) < 4.78 is 1.73. The second kappa shape index (κ2) is 4.19. The summed E-state index contributed by atoms with van der Waals surface area (Å²) in [6, 6.07) is 9.62. The van der Waals surface area contributed by atoms with E-state index in [1.54, 1.807) is 10.9 Å². The van der Waals surface area contributed by atoms with E-state index in [0.29, 0.717) is 0 Å². The van der Waals surface area contributed by atoms with E-state index in [4.69, 9.17) is 0 Å². The summed E-state index contributed by atoms with van der Waals surface area (Å²) in [6.07, 6.45) is 1.67. The summed E-state index contributed by atoms with van der Waals surface area (Å²) in [5.41, 5.74) is 4.17. The maximum absolute atomic E-state index is 9.38. The first-order chi connectivity index (χ1) is 8.79. The van der Waals surface area contributed by atoms with Crippen molar-refractivity contribution in [2.75, 3.05) is 0 Å². The molecule has 0 saturated heterocycles. The van der Waals surface area contributed by atoms with E-state index in [9.17, 15) is 5.11 Å². The molecule has 0 aliphatic carbocycles. The van der Waals surface area contributed by atoms with Gasteiger partial charge < -0.3 is 5.11 Å². The van der Waals surface area contributed by atoms with Gasteiger partial charge in [-0.15, -0.1) is 5.10 Å². The molecule has 18 heavy (non-hydrogen) atoms. The van der Waals surface area contributed by atoms with Crippen LogP contribution in [0, 0.1) is 6.92 Å². The fraction of sp³-hybridized carbons (Fsp3) is 0.154. The first-order valence-corrected chi connectivity index (χ1v) is 5.67. The minimum absolute atomic E-state index is 0.0726. The summed E-state index contributed by atoms with van der Waals surface area (Å²) in [4.78, 5) is 4.18. The van der Waals surface area contributed by atoms with Crippen LogP contribution in [0.5, 0.6) is 0 Å². The Morgan fingerprint density at radius 3 is 2.94 bits per heavy atom. The molecule has 0 unspecified atom stereocenters. The fourth-order valence-corrected chi connectivity index (χ4v) is 1.94. The predicted octanol–water partition coefficient (Wildman–Crippen LogP) is 1.62. The topological polar surface area (TPSA) is 63.8 Å². The molecule has 0 fully saturated rings. The highest BCUT2D eigenvalue weighted by Gasteiger charge is 2.10. The predicted molar refractivity (Wildman–Crippen MR) is 67.3 cm³/mol. The molecule has 0 aliphatic rings. The Hall–Kier alpha value is -2.27. The van der Waals surface area contributed by atoms with Crippen molar-refractivity contribution in [1.29, 1.82) is 0 Å². The van der Waals surface area contributed by atoms with Crippen molar-refractivity contribution in [2.45, 2.75) is 13.5 Å². The summed E-state index contributed by atoms with van der Waals surface area (Å²) >= 11 is 0. The van der Waals surface area contributed by atoms with Crippen LogP contribution in [0.3, 0.4) is 0 Å². The lowest BCUT2D eigenvalue weighted by Crippen LogP contribution is -2.03. The van der Waals surface area contributed by atoms with Crippen molar-refractivity contribution in [3.63, 3.8) is 0 Å². The molecule has 0 aliphatic heterocycles. The van der Waals surface area contributed by atoms with Gasteiger partial charge in [-0.2, -0.15) is 0 Å². The van der Waals surface area contributed by atoms with E-state index < -0.39 is 0 Å². The second-order valence-electron chi connectivity index (χ2n) is 4.10. The highest BCUT2D eigenvalue weighted by Crippen LogP contribution is 2.19. The van der Waals surface area contributed by atoms with E-state index >= 15 is 0 Å². The number of benzene rings is 1. The molecule has 90 valence electrons. The summed E-state index contributed by atoms with van der Waals surface area (Å²) in [7, 11) is 0. The molecule has 3 rings (SSSR count). The van der Waals surface area contributed by atoms with Crippen molar-refractivity contribution in [3.8, 4) is 5.69 Å². The van der Waals surface area contributed by atoms with E-state index in [-0.39, 0.29) is 6.61 Å². The van der Waals surface area contributed by atoms with Crippen LogP contribution in [0.1, 0.15) is 11.3 Å². The highest BCUT2D eigenvalue weighted by molar-refractivity contribution is 5.76. The Morgan fingerprint density at radius 1 is 1.28 bits per heavy atom. The van der Waals surface area contributed by atoms with E-state index in [1.165, 1.54) is 0 Å². The largest absolute Gasteiger partial charge is 0.392 e. The van der Waals surface area contributed by atoms with Crippen LogP contribution in [0.15, 0.2) is 36.5 Å². The van der Waals surface area contributed by atoms with Gasteiger partial charge in [0.25, 0.3) is 0 Å². The Bertz CT molecular complexity index is 705. The van der Waals surface area contributed by atoms with Crippen molar-refractivity contribution < 1.29 is 5.11 Å². The van der Waals surface area contributed by atoms with E-state index in [0.717, 1.165) is 28.0 Å². The zero-order chi connectivity index (χ0) is 12.5. The third kappa shape index (κ3) is 1.65. The molecule has 1 aromatic carbocycles. The maximum Gasteiger partial charge on any atom is 0.113 e. The summed E-state index contributed by atoms with van der Waals surface area (Å²) in [5.74, 6) is 0. The molecule has 0 amide bonds. The lowest BCUT2D eigenvalue weighted by Gasteiger charge is -2.08. The van der Waals surface area contributed by atoms with E-state index in [2.05, 4.69) is 15.3 Å². The van der Waals surface area contributed by atoms with Crippen molar-refractivity contribution >= 4 is 11.0 Å². The maximum atomic E-state index is 9.38. The van der Waals surface area contributed by atoms with Gasteiger partial charge in [0.1, 0.15) is 5.52 Å². The smallest absolute Gasteiger partial charge is 0.113 e. The standard InChI is InChI=1S/C13H12N4O/c1-9-6-13(10(8-18)7-14-9)17-12-5-3-2-4-11(12)15-16-17/h2-7,18H,8H2,1H3. The number of aliphatic hydroxyl groups is 1. The van der Waals surface area contributed by atoms with Gasteiger partial charge in [0.2, 0.25) is 0 Å². The van der Waals surface area contributed by atoms with Crippen LogP contribution >= 0.6 is 0 Å². The third-order valence-corrected chi connectivity index (χ3v) is 2.85. The van der Waals surface area contributed by atoms with Gasteiger partial charge in [-0.25, -0.2) is 4.68 Å². The zero-order valence-electron chi connectivity index (χ0n) is 9.91. The zero-order valence-corrected chi connectivity index (χ0v) is 9.91. The van der Waals surface area contributed by atoms with Crippen molar-refractivity contribution in [3.05, 3.63) is 47.8 Å². The van der Waals surface area contributed by atoms with Gasteiger partial charge in [-0.05, 0) is 25.1 Å². The van der Waals surface area contributed by atoms with Crippen LogP contribution in [0.25, 0.3) is 16.7 Å². The molecule has 1 N–H and O–H groups in total. The number of aromatic nitrogens is 4. The molecule has 0 spiro atoms. The minimum atomic E-state index is -0.0726. The molecule has 5 heteroatoms. The lowest BCUT2D eigenvalue weighted by atomic mass is 10.2. The van der Waals surface area contributed by atoms with E-state index in [1.807, 2.05) is 37.3 Å². The molecule has 0 saturated carbocycles. The number of rotatable bonds is 2. The molecule has 5 nitrogen and oxygen atoms in total. The van der Waals surface area contributed by atoms with Crippen molar-refractivity contribution in [2.24, 2.45) is 0 Å². The number of aliphatic hydroxyl groups excluding tert-OH is 1. The number of hydrogen-bond acceptors (Lipinski definition) is 4. The average Bonchev–Trinajstić information content (AvgIpc) is 2.82. The summed E-state index contributed by atoms with van der Waals surface area (Å²) in [6.45, 7) is 1.83. The van der Waals surface area contributed by atoms with Crippen LogP contribution in [0.4, 0.5) is 0 Å². The van der Waals surface area contributed by atoms with Gasteiger partial charge in [-0.3, -0.25) is 4.98 Å². The number of nitrogens with zero attached hydrogens (tertiary/aromatic N) is 4. The van der Waals surface area contributed by atoms with Crippen LogP contribution in [0.2, 0.25) is 0 Å². The minimum Gasteiger partial charge on any atom is -0.392 e. The van der Waals surface area contributed by atoms with Crippen LogP contribution < -0.4 is 0 Å². The first kappa shape index (κ1) is 10.9. The average molecular weight is 240 g/mol. The number of aryl methyl sites for hydroxylation is 1. The Kier molecular flexibility index (Phi) is 2.53. The molecule has 2 aromatic heterocycles. The number of para-hydroxylation sites is 1. The summed E-state index contributed by atoms with van der Waals surface area (Å²) in [5, 5.41) is 17.6. The molecule has 0 atom stereocenters. The van der Waals surface area contributed by atoms with Crippen LogP contribution in [-0.2, 0) is 6.61 Å². The first-order valence-electron chi connectivity index (χ1n) is 5.67. The molecule has 3 aromatic rings. The van der Waals surface area contributed by atoms with Gasteiger partial charge in [0, 0.05) is 17.5 Å². The second-order valence-corrected chi connectivity index (χ2v) is 4.10. The lowest BCUT2D eigenvalue weighted by molar-refractivity contribution is 0.281. The highest BCUT2D eigenvalue weighted by atomic mass is 16.3. The van der Waals surface area contributed by atoms with Crippen LogP contribution in [-0.4, -0.2) is 25.1 Å². The third-order valence-electron chi connectivity index (χ3n) is 2.85. The number of fused-ring (bicyclic) bond motifs is 1. The van der Waals surface area contributed by atoms with Gasteiger partial charge in [-0.1, -0.05) is 17.3 Å². The Morgan fingerprint density at radius 2 is 2.11 bits per heavy atom. The monoisotopic (exact) mass is 240 g/mol. The quantitative estimate of drug-likeness (QED) is 0.739. The Labute approximate surface area is 104 Å². The molecule has 0 bridgehead atoms. The van der Waals surface area contributed by atoms with Gasteiger partial charge in [0.15, 0.2) is 0 Å². The molecule has 2 heterocycles. The molecular formula is C13H12N4O. The SMILES string of the molecule is Cc1cc(-n2nnc3ccccc32)c(CO)cn1. The van der Waals surface area contributed by atoms with Gasteiger partial charge >= 0.3 is 0 Å². The van der Waals surface area contributed by atoms with Gasteiger partial charge in [0.05, 0.1) is 17.8 Å². The molecular weight excluding hydrogens is 228 g/mol. The number of hydrogen-bond donors (Lipinski definition) is 1.